The summed E-state index contributed by atoms with van der Waals surface area (Å²) in [6.07, 6.45) is -1.00. The zero-order valence-corrected chi connectivity index (χ0v) is 14.8. The van der Waals surface area contributed by atoms with Crippen LogP contribution in [0.3, 0.4) is 0 Å². The Balaban J connectivity index is 2.03. The van der Waals surface area contributed by atoms with Crippen molar-refractivity contribution in [2.75, 3.05) is 7.05 Å². The van der Waals surface area contributed by atoms with Gasteiger partial charge in [0.2, 0.25) is 0 Å². The largest absolute Gasteiger partial charge is 0.449 e. The summed E-state index contributed by atoms with van der Waals surface area (Å²) in [7, 11) is 1.62. The topological polar surface area (TPSA) is 89.8 Å². The summed E-state index contributed by atoms with van der Waals surface area (Å²) in [5.41, 5.74) is 1.27. The van der Waals surface area contributed by atoms with E-state index in [4.69, 9.17) is 4.74 Å². The van der Waals surface area contributed by atoms with Gasteiger partial charge in [0.25, 0.3) is 11.6 Å². The molecule has 2 aromatic rings. The highest BCUT2D eigenvalue weighted by atomic mass is 16.6. The van der Waals surface area contributed by atoms with Crippen LogP contribution in [0.15, 0.2) is 48.5 Å². The van der Waals surface area contributed by atoms with Crippen LogP contribution in [0.2, 0.25) is 0 Å². The van der Waals surface area contributed by atoms with Gasteiger partial charge in [-0.2, -0.15) is 0 Å². The maximum atomic E-state index is 12.4. The molecule has 1 amide bonds. The molecule has 7 nitrogen and oxygen atoms in total. The lowest BCUT2D eigenvalue weighted by molar-refractivity contribution is -0.385. The molecule has 0 saturated heterocycles. The Bertz CT molecular complexity index is 820. The second-order valence-corrected chi connectivity index (χ2v) is 5.99. The summed E-state index contributed by atoms with van der Waals surface area (Å²) in [4.78, 5) is 36.5. The van der Waals surface area contributed by atoms with Crippen molar-refractivity contribution in [2.24, 2.45) is 0 Å². The zero-order valence-electron chi connectivity index (χ0n) is 14.8. The normalized spacial score (nSPS) is 11.5. The van der Waals surface area contributed by atoms with Crippen LogP contribution in [-0.2, 0) is 16.1 Å². The number of ether oxygens (including phenoxy) is 1. The van der Waals surface area contributed by atoms with Gasteiger partial charge in [-0.25, -0.2) is 4.79 Å². The Hall–Kier alpha value is -3.22. The van der Waals surface area contributed by atoms with E-state index < -0.39 is 17.0 Å². The van der Waals surface area contributed by atoms with E-state index in [1.165, 1.54) is 24.0 Å². The van der Waals surface area contributed by atoms with Gasteiger partial charge in [0.05, 0.1) is 10.5 Å². The number of likely N-dealkylation sites (N-methyl/N-ethyl adjacent to an activating group) is 1. The number of aryl methyl sites for hydroxylation is 1. The summed E-state index contributed by atoms with van der Waals surface area (Å²) in [6.45, 7) is 3.44. The molecule has 0 bridgehead atoms. The van der Waals surface area contributed by atoms with E-state index in [0.717, 1.165) is 11.6 Å². The Morgan fingerprint density at radius 3 is 2.46 bits per heavy atom. The van der Waals surface area contributed by atoms with Crippen LogP contribution in [0, 0.1) is 17.0 Å². The number of rotatable bonds is 6. The molecule has 1 atom stereocenters. The zero-order chi connectivity index (χ0) is 19.3. The number of nitro benzene ring substituents is 1. The van der Waals surface area contributed by atoms with Crippen LogP contribution in [0.5, 0.6) is 0 Å². The number of amides is 1. The first-order valence-electron chi connectivity index (χ1n) is 8.04. The number of nitrogens with zero attached hydrogens (tertiary/aromatic N) is 2. The molecule has 7 heteroatoms. The molecule has 136 valence electrons. The lowest BCUT2D eigenvalue weighted by Crippen LogP contribution is -2.37. The molecule has 0 fully saturated rings. The fraction of sp³-hybridized carbons (Fsp3) is 0.263. The Morgan fingerprint density at radius 1 is 1.19 bits per heavy atom. The Kier molecular flexibility index (Phi) is 6.06. The van der Waals surface area contributed by atoms with Crippen LogP contribution in [-0.4, -0.2) is 34.9 Å². The van der Waals surface area contributed by atoms with E-state index in [2.05, 4.69) is 0 Å². The summed E-state index contributed by atoms with van der Waals surface area (Å²) in [5, 5.41) is 11.0. The number of benzene rings is 2. The first-order chi connectivity index (χ1) is 12.3. The Labute approximate surface area is 151 Å². The molecule has 0 saturated carbocycles. The van der Waals surface area contributed by atoms with Crippen molar-refractivity contribution >= 4 is 17.6 Å². The van der Waals surface area contributed by atoms with Crippen LogP contribution >= 0.6 is 0 Å². The third kappa shape index (κ3) is 4.66. The molecule has 0 aliphatic carbocycles. The Morgan fingerprint density at radius 2 is 1.85 bits per heavy atom. The highest BCUT2D eigenvalue weighted by Gasteiger charge is 2.23. The standard InChI is InChI=1S/C19H20N2O5/c1-13-9-10-16(11-17(13)21(24)25)19(23)26-14(2)18(22)20(3)12-15-7-5-4-6-8-15/h4-11,14H,12H2,1-3H3/t14-/m0/s1. The first kappa shape index (κ1) is 19.1. The molecular weight excluding hydrogens is 336 g/mol. The predicted molar refractivity (Wildman–Crippen MR) is 95.6 cm³/mol. The van der Waals surface area contributed by atoms with Crippen LogP contribution in [0.4, 0.5) is 5.69 Å². The van der Waals surface area contributed by atoms with E-state index in [9.17, 15) is 19.7 Å². The van der Waals surface area contributed by atoms with E-state index in [-0.39, 0.29) is 17.2 Å². The lowest BCUT2D eigenvalue weighted by Gasteiger charge is -2.21. The number of hydrogen-bond donors (Lipinski definition) is 0. The maximum absolute atomic E-state index is 12.4. The number of carbonyl (C=O) groups is 2. The monoisotopic (exact) mass is 356 g/mol. The first-order valence-corrected chi connectivity index (χ1v) is 8.04. The van der Waals surface area contributed by atoms with Crippen molar-refractivity contribution in [1.29, 1.82) is 0 Å². The van der Waals surface area contributed by atoms with Crippen molar-refractivity contribution in [3.05, 3.63) is 75.3 Å². The highest BCUT2D eigenvalue weighted by Crippen LogP contribution is 2.20. The molecule has 2 aromatic carbocycles. The van der Waals surface area contributed by atoms with Gasteiger partial charge in [0, 0.05) is 25.2 Å². The number of carbonyl (C=O) groups excluding carboxylic acids is 2. The van der Waals surface area contributed by atoms with Gasteiger partial charge in [0.15, 0.2) is 6.10 Å². The van der Waals surface area contributed by atoms with Gasteiger partial charge in [-0.1, -0.05) is 36.4 Å². The molecule has 0 aliphatic rings. The summed E-state index contributed by atoms with van der Waals surface area (Å²) in [5.74, 6) is -1.13. The molecule has 0 radical (unpaired) electrons. The fourth-order valence-corrected chi connectivity index (χ4v) is 2.46. The predicted octanol–water partition coefficient (Wildman–Crippen LogP) is 3.11. The minimum Gasteiger partial charge on any atom is -0.449 e. The molecule has 0 spiro atoms. The quantitative estimate of drug-likeness (QED) is 0.451. The van der Waals surface area contributed by atoms with E-state index >= 15 is 0 Å². The minimum atomic E-state index is -1.00. The molecular formula is C19H20N2O5. The number of nitro groups is 1. The molecule has 0 aromatic heterocycles. The van der Waals surface area contributed by atoms with E-state index in [1.807, 2.05) is 30.3 Å². The van der Waals surface area contributed by atoms with Crippen molar-refractivity contribution in [3.8, 4) is 0 Å². The molecule has 0 aliphatic heterocycles. The number of esters is 1. The van der Waals surface area contributed by atoms with Crippen LogP contribution < -0.4 is 0 Å². The van der Waals surface area contributed by atoms with Crippen molar-refractivity contribution in [2.45, 2.75) is 26.5 Å². The van der Waals surface area contributed by atoms with Gasteiger partial charge in [0.1, 0.15) is 0 Å². The van der Waals surface area contributed by atoms with Crippen molar-refractivity contribution in [1.82, 2.24) is 4.90 Å². The van der Waals surface area contributed by atoms with E-state index in [0.29, 0.717) is 12.1 Å². The van der Waals surface area contributed by atoms with Crippen molar-refractivity contribution in [3.63, 3.8) is 0 Å². The van der Waals surface area contributed by atoms with Gasteiger partial charge >= 0.3 is 5.97 Å². The average molecular weight is 356 g/mol. The molecule has 0 heterocycles. The van der Waals surface area contributed by atoms with Gasteiger partial charge < -0.3 is 9.64 Å². The van der Waals surface area contributed by atoms with Crippen LogP contribution in [0.25, 0.3) is 0 Å². The lowest BCUT2D eigenvalue weighted by atomic mass is 10.1. The minimum absolute atomic E-state index is 0.0349. The smallest absolute Gasteiger partial charge is 0.339 e. The van der Waals surface area contributed by atoms with Gasteiger partial charge in [-0.05, 0) is 25.5 Å². The summed E-state index contributed by atoms with van der Waals surface area (Å²) < 4.78 is 5.18. The average Bonchev–Trinajstić information content (AvgIpc) is 2.61. The third-order valence-corrected chi connectivity index (χ3v) is 3.91. The second-order valence-electron chi connectivity index (χ2n) is 5.99. The summed E-state index contributed by atoms with van der Waals surface area (Å²) >= 11 is 0. The van der Waals surface area contributed by atoms with Gasteiger partial charge in [-0.3, -0.25) is 14.9 Å². The fourth-order valence-electron chi connectivity index (χ4n) is 2.46. The van der Waals surface area contributed by atoms with Crippen molar-refractivity contribution < 1.29 is 19.2 Å². The second kappa shape index (κ2) is 8.24. The third-order valence-electron chi connectivity index (χ3n) is 3.91. The number of hydrogen-bond acceptors (Lipinski definition) is 5. The highest BCUT2D eigenvalue weighted by molar-refractivity contribution is 5.92. The van der Waals surface area contributed by atoms with E-state index in [1.54, 1.807) is 14.0 Å². The van der Waals surface area contributed by atoms with Crippen LogP contribution in [0.1, 0.15) is 28.4 Å². The maximum Gasteiger partial charge on any atom is 0.339 e. The molecule has 2 rings (SSSR count). The SMILES string of the molecule is Cc1ccc(C(=O)O[C@@H](C)C(=O)N(C)Cc2ccccc2)cc1[N+](=O)[O-]. The summed E-state index contributed by atoms with van der Waals surface area (Å²) in [6, 6.07) is 13.5. The molecule has 0 unspecified atom stereocenters. The molecule has 26 heavy (non-hydrogen) atoms. The molecule has 0 N–H and O–H groups in total. The van der Waals surface area contributed by atoms with Gasteiger partial charge in [-0.15, -0.1) is 0 Å².